The van der Waals surface area contributed by atoms with Crippen LogP contribution in [0.1, 0.15) is 29.3 Å². The van der Waals surface area contributed by atoms with Gasteiger partial charge in [-0.15, -0.1) is 0 Å². The number of anilines is 1. The van der Waals surface area contributed by atoms with Crippen LogP contribution in [0, 0.1) is 20.8 Å². The van der Waals surface area contributed by atoms with Crippen molar-refractivity contribution in [3.63, 3.8) is 0 Å². The summed E-state index contributed by atoms with van der Waals surface area (Å²) in [5.74, 6) is 0.700. The van der Waals surface area contributed by atoms with E-state index >= 15 is 0 Å². The smallest absolute Gasteiger partial charge is 0.280 e. The fourth-order valence-corrected chi connectivity index (χ4v) is 4.62. The van der Waals surface area contributed by atoms with Crippen LogP contribution < -0.4 is 15.6 Å². The molecule has 0 fully saturated rings. The van der Waals surface area contributed by atoms with Gasteiger partial charge in [0.05, 0.1) is 25.1 Å². The number of thioether (sulfide) groups is 1. The first-order valence-electron chi connectivity index (χ1n) is 11.4. The molecule has 0 spiro atoms. The molecule has 35 heavy (non-hydrogen) atoms. The van der Waals surface area contributed by atoms with Gasteiger partial charge in [0.15, 0.2) is 10.7 Å². The fraction of sp³-hybridized carbons (Fsp3) is 0.308. The number of carbonyl (C=O) groups excluding carboxylic acids is 1. The van der Waals surface area contributed by atoms with Crippen LogP contribution in [0.4, 0.5) is 5.69 Å². The highest BCUT2D eigenvalue weighted by atomic mass is 32.2. The second kappa shape index (κ2) is 10.4. The van der Waals surface area contributed by atoms with Crippen LogP contribution in [0.15, 0.2) is 52.4 Å². The summed E-state index contributed by atoms with van der Waals surface area (Å²) in [6.07, 6.45) is 0. The van der Waals surface area contributed by atoms with Crippen LogP contribution >= 0.6 is 11.8 Å². The van der Waals surface area contributed by atoms with Crippen molar-refractivity contribution in [2.24, 2.45) is 0 Å². The summed E-state index contributed by atoms with van der Waals surface area (Å²) in [6, 6.07) is 13.4. The third-order valence-corrected chi connectivity index (χ3v) is 6.88. The van der Waals surface area contributed by atoms with Gasteiger partial charge < -0.3 is 10.1 Å². The lowest BCUT2D eigenvalue weighted by atomic mass is 10.1. The van der Waals surface area contributed by atoms with E-state index in [2.05, 4.69) is 10.4 Å². The third-order valence-electron chi connectivity index (χ3n) is 5.90. The van der Waals surface area contributed by atoms with Gasteiger partial charge in [-0.25, -0.2) is 4.98 Å². The summed E-state index contributed by atoms with van der Waals surface area (Å²) < 4.78 is 8.55. The number of nitrogens with zero attached hydrogens (tertiary/aromatic N) is 4. The molecule has 0 radical (unpaired) electrons. The van der Waals surface area contributed by atoms with E-state index in [1.54, 1.807) is 16.4 Å². The molecule has 8 nitrogen and oxygen atoms in total. The molecule has 4 rings (SSSR count). The first kappa shape index (κ1) is 24.5. The van der Waals surface area contributed by atoms with Crippen molar-refractivity contribution in [3.8, 4) is 5.75 Å². The Kier molecular flexibility index (Phi) is 7.25. The first-order chi connectivity index (χ1) is 16.8. The maximum Gasteiger partial charge on any atom is 0.280 e. The number of benzene rings is 2. The van der Waals surface area contributed by atoms with E-state index in [9.17, 15) is 9.59 Å². The molecule has 0 bridgehead atoms. The van der Waals surface area contributed by atoms with Gasteiger partial charge in [-0.1, -0.05) is 30.0 Å². The number of hydrogen-bond donors (Lipinski definition) is 1. The van der Waals surface area contributed by atoms with Gasteiger partial charge in [0, 0.05) is 12.2 Å². The van der Waals surface area contributed by atoms with E-state index in [1.807, 2.05) is 70.2 Å². The molecule has 0 unspecified atom stereocenters. The maximum atomic E-state index is 13.6. The Balaban J connectivity index is 1.65. The van der Waals surface area contributed by atoms with Crippen molar-refractivity contribution in [3.05, 3.63) is 75.2 Å². The summed E-state index contributed by atoms with van der Waals surface area (Å²) in [4.78, 5) is 31.1. The number of amides is 1. The van der Waals surface area contributed by atoms with Gasteiger partial charge in [0.2, 0.25) is 5.91 Å². The number of ether oxygens (including phenoxy) is 1. The molecule has 2 aromatic carbocycles. The molecular weight excluding hydrogens is 462 g/mol. The van der Waals surface area contributed by atoms with Gasteiger partial charge in [-0.3, -0.25) is 18.8 Å². The maximum absolute atomic E-state index is 13.6. The normalized spacial score (nSPS) is 11.1. The highest BCUT2D eigenvalue weighted by Gasteiger charge is 2.19. The highest BCUT2D eigenvalue weighted by molar-refractivity contribution is 7.99. The average Bonchev–Trinajstić information content (AvgIpc) is 3.18. The number of nitrogens with one attached hydrogen (secondary N) is 1. The van der Waals surface area contributed by atoms with Crippen LogP contribution in [0.25, 0.3) is 11.0 Å². The standard InChI is InChI=1S/C26H29N5O3S/c1-6-31-24-23(18(4)29-31)28-26(30(25(24)33)14-19-8-11-21(34-5)12-9-19)35-15-22(32)27-20-10-7-16(2)17(3)13-20/h7-13H,6,14-15H2,1-5H3,(H,27,32). The predicted molar refractivity (Wildman–Crippen MR) is 140 cm³/mol. The number of rotatable bonds is 8. The quantitative estimate of drug-likeness (QED) is 0.292. The molecule has 0 saturated heterocycles. The molecule has 0 saturated carbocycles. The molecule has 9 heteroatoms. The molecule has 0 aliphatic rings. The molecule has 0 aliphatic heterocycles. The van der Waals surface area contributed by atoms with Crippen molar-refractivity contribution in [1.82, 2.24) is 19.3 Å². The Labute approximate surface area is 208 Å². The van der Waals surface area contributed by atoms with Crippen molar-refractivity contribution in [1.29, 1.82) is 0 Å². The minimum Gasteiger partial charge on any atom is -0.497 e. The largest absolute Gasteiger partial charge is 0.497 e. The Bertz CT molecular complexity index is 1440. The Morgan fingerprint density at radius 3 is 2.49 bits per heavy atom. The second-order valence-electron chi connectivity index (χ2n) is 8.37. The number of hydrogen-bond acceptors (Lipinski definition) is 6. The van der Waals surface area contributed by atoms with E-state index in [0.29, 0.717) is 35.0 Å². The predicted octanol–water partition coefficient (Wildman–Crippen LogP) is 4.33. The molecule has 1 amide bonds. The lowest BCUT2D eigenvalue weighted by Crippen LogP contribution is -2.26. The lowest BCUT2D eigenvalue weighted by molar-refractivity contribution is -0.113. The summed E-state index contributed by atoms with van der Waals surface area (Å²) in [7, 11) is 1.61. The third kappa shape index (κ3) is 5.24. The van der Waals surface area contributed by atoms with Crippen LogP contribution in [-0.2, 0) is 17.9 Å². The monoisotopic (exact) mass is 491 g/mol. The van der Waals surface area contributed by atoms with Crippen molar-refractivity contribution in [2.45, 2.75) is 45.9 Å². The molecule has 0 aliphatic carbocycles. The minimum atomic E-state index is -0.176. The van der Waals surface area contributed by atoms with E-state index in [0.717, 1.165) is 22.6 Å². The Morgan fingerprint density at radius 1 is 1.09 bits per heavy atom. The van der Waals surface area contributed by atoms with Gasteiger partial charge in [0.25, 0.3) is 5.56 Å². The number of carbonyl (C=O) groups is 1. The Hall–Kier alpha value is -3.59. The number of fused-ring (bicyclic) bond motifs is 1. The van der Waals surface area contributed by atoms with Crippen LogP contribution in [0.2, 0.25) is 0 Å². The number of aromatic nitrogens is 4. The van der Waals surface area contributed by atoms with Crippen LogP contribution in [-0.4, -0.2) is 38.1 Å². The molecule has 2 heterocycles. The molecule has 4 aromatic rings. The van der Waals surface area contributed by atoms with Crippen molar-refractivity contribution in [2.75, 3.05) is 18.2 Å². The summed E-state index contributed by atoms with van der Waals surface area (Å²) >= 11 is 1.24. The summed E-state index contributed by atoms with van der Waals surface area (Å²) in [5, 5.41) is 7.90. The molecule has 1 N–H and O–H groups in total. The van der Waals surface area contributed by atoms with E-state index < -0.39 is 0 Å². The summed E-state index contributed by atoms with van der Waals surface area (Å²) in [6.45, 7) is 8.71. The SMILES string of the molecule is CCn1nc(C)c2nc(SCC(=O)Nc3ccc(C)c(C)c3)n(Cc3ccc(OC)cc3)c(=O)c21. The number of methoxy groups -OCH3 is 1. The fourth-order valence-electron chi connectivity index (χ4n) is 3.83. The zero-order valence-electron chi connectivity index (χ0n) is 20.6. The zero-order chi connectivity index (χ0) is 25.1. The Morgan fingerprint density at radius 2 is 1.83 bits per heavy atom. The van der Waals surface area contributed by atoms with Crippen LogP contribution in [0.5, 0.6) is 5.75 Å². The van der Waals surface area contributed by atoms with Crippen LogP contribution in [0.3, 0.4) is 0 Å². The molecule has 2 aromatic heterocycles. The van der Waals surface area contributed by atoms with E-state index in [-0.39, 0.29) is 17.2 Å². The first-order valence-corrected chi connectivity index (χ1v) is 12.4. The lowest BCUT2D eigenvalue weighted by Gasteiger charge is -2.13. The van der Waals surface area contributed by atoms with E-state index in [1.165, 1.54) is 17.3 Å². The van der Waals surface area contributed by atoms with Gasteiger partial charge in [-0.2, -0.15) is 5.10 Å². The minimum absolute atomic E-state index is 0.119. The number of aryl methyl sites for hydroxylation is 4. The second-order valence-corrected chi connectivity index (χ2v) is 9.31. The molecule has 0 atom stereocenters. The van der Waals surface area contributed by atoms with E-state index in [4.69, 9.17) is 9.72 Å². The zero-order valence-corrected chi connectivity index (χ0v) is 21.4. The highest BCUT2D eigenvalue weighted by Crippen LogP contribution is 2.22. The van der Waals surface area contributed by atoms with Gasteiger partial charge in [-0.05, 0) is 68.7 Å². The topological polar surface area (TPSA) is 91.0 Å². The summed E-state index contributed by atoms with van der Waals surface area (Å²) in [5.41, 5.74) is 5.51. The molecule has 182 valence electrons. The van der Waals surface area contributed by atoms with Crippen molar-refractivity contribution < 1.29 is 9.53 Å². The van der Waals surface area contributed by atoms with Crippen molar-refractivity contribution >= 4 is 34.4 Å². The average molecular weight is 492 g/mol. The van der Waals surface area contributed by atoms with Gasteiger partial charge >= 0.3 is 0 Å². The van der Waals surface area contributed by atoms with Gasteiger partial charge in [0.1, 0.15) is 11.3 Å². The molecular formula is C26H29N5O3S.